The van der Waals surface area contributed by atoms with E-state index in [0.717, 1.165) is 49.7 Å². The second-order valence-corrected chi connectivity index (χ2v) is 11.9. The Bertz CT molecular complexity index is 1580. The van der Waals surface area contributed by atoms with Crippen LogP contribution in [-0.2, 0) is 12.2 Å². The van der Waals surface area contributed by atoms with Crippen LogP contribution in [0, 0.1) is 0 Å². The van der Waals surface area contributed by atoms with Crippen molar-refractivity contribution in [3.8, 4) is 11.5 Å². The Kier molecular flexibility index (Phi) is 11.7. The van der Waals surface area contributed by atoms with E-state index in [2.05, 4.69) is 56.5 Å². The summed E-state index contributed by atoms with van der Waals surface area (Å²) in [6, 6.07) is 25.6. The zero-order valence-corrected chi connectivity index (χ0v) is 27.2. The Hall–Kier alpha value is -4.05. The number of nitrogens with one attached hydrogen (secondary N) is 1. The SMILES string of the molecule is COc1ccc(CCNC(=O)c2ccc(CSc3nc(Cl)cc(N4CCN(C/C=C/c5ccccc5)CC4)n3)cc2)cc1OC. The molecule has 8 nitrogen and oxygen atoms in total. The number of hydrogen-bond donors (Lipinski definition) is 1. The maximum Gasteiger partial charge on any atom is 0.251 e. The van der Waals surface area contributed by atoms with E-state index in [4.69, 9.17) is 26.1 Å². The fraction of sp³-hybridized carbons (Fsp3) is 0.286. The van der Waals surface area contributed by atoms with E-state index in [9.17, 15) is 4.79 Å². The van der Waals surface area contributed by atoms with Crippen LogP contribution in [-0.4, -0.2) is 74.3 Å². The van der Waals surface area contributed by atoms with Crippen LogP contribution in [0.3, 0.4) is 0 Å². The van der Waals surface area contributed by atoms with Gasteiger partial charge >= 0.3 is 0 Å². The molecule has 45 heavy (non-hydrogen) atoms. The van der Waals surface area contributed by atoms with Gasteiger partial charge in [-0.3, -0.25) is 9.69 Å². The monoisotopic (exact) mass is 643 g/mol. The number of benzene rings is 3. The van der Waals surface area contributed by atoms with Crippen molar-refractivity contribution in [2.24, 2.45) is 0 Å². The minimum atomic E-state index is -0.107. The predicted molar refractivity (Wildman–Crippen MR) is 183 cm³/mol. The van der Waals surface area contributed by atoms with Crippen LogP contribution in [0.25, 0.3) is 6.08 Å². The summed E-state index contributed by atoms with van der Waals surface area (Å²) >= 11 is 7.94. The molecular formula is C35H38ClN5O3S. The summed E-state index contributed by atoms with van der Waals surface area (Å²) in [4.78, 5) is 26.7. The third kappa shape index (κ3) is 9.47. The Morgan fingerprint density at radius 1 is 0.911 bits per heavy atom. The first-order valence-corrected chi connectivity index (χ1v) is 16.3. The quantitative estimate of drug-likeness (QED) is 0.104. The van der Waals surface area contributed by atoms with Gasteiger partial charge < -0.3 is 19.7 Å². The second kappa shape index (κ2) is 16.3. The van der Waals surface area contributed by atoms with Gasteiger partial charge in [0.25, 0.3) is 5.91 Å². The fourth-order valence-corrected chi connectivity index (χ4v) is 6.07. The Morgan fingerprint density at radius 3 is 2.38 bits per heavy atom. The zero-order chi connectivity index (χ0) is 31.4. The van der Waals surface area contributed by atoms with Crippen molar-refractivity contribution in [1.82, 2.24) is 20.2 Å². The maximum absolute atomic E-state index is 12.7. The number of methoxy groups -OCH3 is 2. The van der Waals surface area contributed by atoms with Gasteiger partial charge in [-0.15, -0.1) is 0 Å². The molecule has 0 aliphatic carbocycles. The molecule has 0 spiro atoms. The standard InChI is InChI=1S/C35H38ClN5O3S/c1-43-30-15-12-27(23-31(30)44-2)16-17-37-34(42)29-13-10-28(11-14-29)25-45-35-38-32(36)24-33(39-35)41-21-19-40(20-22-41)18-6-9-26-7-4-3-5-8-26/h3-15,23-24H,16-22,25H2,1-2H3,(H,37,42)/b9-6+. The average molecular weight is 644 g/mol. The molecule has 2 heterocycles. The first kappa shape index (κ1) is 32.3. The largest absolute Gasteiger partial charge is 0.493 e. The summed E-state index contributed by atoms with van der Waals surface area (Å²) in [5.41, 5.74) is 3.97. The van der Waals surface area contributed by atoms with E-state index in [1.165, 1.54) is 17.3 Å². The molecular weight excluding hydrogens is 606 g/mol. The van der Waals surface area contributed by atoms with Crippen LogP contribution < -0.4 is 19.7 Å². The Balaban J connectivity index is 1.07. The van der Waals surface area contributed by atoms with Crippen LogP contribution in [0.1, 0.15) is 27.0 Å². The van der Waals surface area contributed by atoms with Gasteiger partial charge in [0.15, 0.2) is 16.7 Å². The Labute approximate surface area is 274 Å². The number of rotatable bonds is 13. The van der Waals surface area contributed by atoms with E-state index < -0.39 is 0 Å². The van der Waals surface area contributed by atoms with E-state index in [0.29, 0.717) is 46.1 Å². The minimum Gasteiger partial charge on any atom is -0.493 e. The van der Waals surface area contributed by atoms with Crippen molar-refractivity contribution in [3.05, 3.63) is 112 Å². The Morgan fingerprint density at radius 2 is 1.64 bits per heavy atom. The highest BCUT2D eigenvalue weighted by molar-refractivity contribution is 7.98. The summed E-state index contributed by atoms with van der Waals surface area (Å²) in [6.45, 7) is 5.12. The van der Waals surface area contributed by atoms with Crippen molar-refractivity contribution in [1.29, 1.82) is 0 Å². The fourth-order valence-electron chi connectivity index (χ4n) is 5.03. The smallest absolute Gasteiger partial charge is 0.251 e. The summed E-state index contributed by atoms with van der Waals surface area (Å²) in [6.07, 6.45) is 5.08. The van der Waals surface area contributed by atoms with Crippen molar-refractivity contribution < 1.29 is 14.3 Å². The van der Waals surface area contributed by atoms with Crippen molar-refractivity contribution >= 4 is 41.2 Å². The van der Waals surface area contributed by atoms with Gasteiger partial charge in [0.1, 0.15) is 11.0 Å². The van der Waals surface area contributed by atoms with Crippen LogP contribution >= 0.6 is 23.4 Å². The zero-order valence-electron chi connectivity index (χ0n) is 25.6. The summed E-state index contributed by atoms with van der Waals surface area (Å²) in [7, 11) is 3.22. The lowest BCUT2D eigenvalue weighted by Crippen LogP contribution is -2.46. The lowest BCUT2D eigenvalue weighted by molar-refractivity contribution is 0.0954. The number of aromatic nitrogens is 2. The molecule has 234 valence electrons. The highest BCUT2D eigenvalue weighted by atomic mass is 35.5. The lowest BCUT2D eigenvalue weighted by atomic mass is 10.1. The number of ether oxygens (including phenoxy) is 2. The van der Waals surface area contributed by atoms with Crippen LogP contribution in [0.2, 0.25) is 5.15 Å². The van der Waals surface area contributed by atoms with Crippen LogP contribution in [0.4, 0.5) is 5.82 Å². The molecule has 5 rings (SSSR count). The molecule has 1 aliphatic rings. The number of nitrogens with zero attached hydrogens (tertiary/aromatic N) is 4. The molecule has 0 bridgehead atoms. The number of piperazine rings is 1. The van der Waals surface area contributed by atoms with Crippen LogP contribution in [0.15, 0.2) is 90.1 Å². The molecule has 3 aromatic carbocycles. The molecule has 1 aliphatic heterocycles. The molecule has 1 amide bonds. The highest BCUT2D eigenvalue weighted by Gasteiger charge is 2.19. The normalized spacial score (nSPS) is 13.6. The molecule has 4 aromatic rings. The maximum atomic E-state index is 12.7. The molecule has 10 heteroatoms. The molecule has 1 fully saturated rings. The van der Waals surface area contributed by atoms with E-state index in [-0.39, 0.29) is 5.91 Å². The van der Waals surface area contributed by atoms with Gasteiger partial charge in [-0.05, 0) is 47.4 Å². The number of carbonyl (C=O) groups is 1. The first-order valence-electron chi connectivity index (χ1n) is 14.9. The number of carbonyl (C=O) groups excluding carboxylic acids is 1. The van der Waals surface area contributed by atoms with Crippen molar-refractivity contribution in [2.45, 2.75) is 17.3 Å². The molecule has 0 saturated carbocycles. The molecule has 0 radical (unpaired) electrons. The number of thioether (sulfide) groups is 1. The molecule has 0 atom stereocenters. The molecule has 0 unspecified atom stereocenters. The molecule has 1 saturated heterocycles. The van der Waals surface area contributed by atoms with E-state index in [1.807, 2.05) is 54.6 Å². The van der Waals surface area contributed by atoms with Crippen LogP contribution in [0.5, 0.6) is 11.5 Å². The van der Waals surface area contributed by atoms with Gasteiger partial charge in [-0.25, -0.2) is 9.97 Å². The lowest BCUT2D eigenvalue weighted by Gasteiger charge is -2.35. The van der Waals surface area contributed by atoms with Crippen molar-refractivity contribution in [3.63, 3.8) is 0 Å². The van der Waals surface area contributed by atoms with Gasteiger partial charge in [0.05, 0.1) is 14.2 Å². The van der Waals surface area contributed by atoms with Gasteiger partial charge in [-0.2, -0.15) is 0 Å². The van der Waals surface area contributed by atoms with E-state index in [1.54, 1.807) is 14.2 Å². The number of halogens is 1. The predicted octanol–water partition coefficient (Wildman–Crippen LogP) is 6.25. The third-order valence-electron chi connectivity index (χ3n) is 7.56. The molecule has 1 N–H and O–H groups in total. The topological polar surface area (TPSA) is 79.8 Å². The van der Waals surface area contributed by atoms with Gasteiger partial charge in [0.2, 0.25) is 0 Å². The second-order valence-electron chi connectivity index (χ2n) is 10.6. The van der Waals surface area contributed by atoms with Gasteiger partial charge in [-0.1, -0.05) is 84.0 Å². The minimum absolute atomic E-state index is 0.107. The number of hydrogen-bond acceptors (Lipinski definition) is 8. The number of amides is 1. The van der Waals surface area contributed by atoms with Crippen molar-refractivity contribution in [2.75, 3.05) is 58.4 Å². The number of anilines is 1. The summed E-state index contributed by atoms with van der Waals surface area (Å²) in [5, 5.41) is 4.07. The molecule has 1 aromatic heterocycles. The third-order valence-corrected chi connectivity index (χ3v) is 8.67. The summed E-state index contributed by atoms with van der Waals surface area (Å²) in [5.74, 6) is 2.78. The average Bonchev–Trinajstić information content (AvgIpc) is 3.08. The van der Waals surface area contributed by atoms with Gasteiger partial charge in [0, 0.05) is 56.7 Å². The summed E-state index contributed by atoms with van der Waals surface area (Å²) < 4.78 is 10.7. The first-order chi connectivity index (χ1) is 22.0. The van der Waals surface area contributed by atoms with E-state index >= 15 is 0 Å². The highest BCUT2D eigenvalue weighted by Crippen LogP contribution is 2.28.